The summed E-state index contributed by atoms with van der Waals surface area (Å²) in [4.78, 5) is 4.27. The summed E-state index contributed by atoms with van der Waals surface area (Å²) in [5, 5.41) is 3.87. The molecule has 5 heteroatoms. The third kappa shape index (κ3) is 3.62. The maximum atomic E-state index is 6.06. The van der Waals surface area contributed by atoms with Crippen molar-refractivity contribution in [3.05, 3.63) is 47.6 Å². The predicted octanol–water partition coefficient (Wildman–Crippen LogP) is 2.41. The quantitative estimate of drug-likeness (QED) is 0.864. The van der Waals surface area contributed by atoms with Crippen LogP contribution in [-0.4, -0.2) is 17.3 Å². The van der Waals surface area contributed by atoms with E-state index in [1.54, 1.807) is 7.11 Å². The first kappa shape index (κ1) is 13.7. The van der Waals surface area contributed by atoms with Crippen molar-refractivity contribution < 1.29 is 9.26 Å². The van der Waals surface area contributed by atoms with E-state index in [4.69, 9.17) is 15.0 Å². The minimum atomic E-state index is -0.245. The lowest BCUT2D eigenvalue weighted by Gasteiger charge is -2.06. The molecule has 0 aliphatic rings. The van der Waals surface area contributed by atoms with Gasteiger partial charge in [-0.05, 0) is 25.3 Å². The molecule has 5 nitrogen and oxygen atoms in total. The van der Waals surface area contributed by atoms with Gasteiger partial charge in [0.1, 0.15) is 6.10 Å². The van der Waals surface area contributed by atoms with Crippen molar-refractivity contribution in [2.24, 2.45) is 5.73 Å². The van der Waals surface area contributed by atoms with Crippen LogP contribution in [0, 0.1) is 0 Å². The Morgan fingerprint density at radius 1 is 1.32 bits per heavy atom. The average Bonchev–Trinajstić information content (AvgIpc) is 2.95. The molecule has 0 aliphatic carbocycles. The monoisotopic (exact) mass is 261 g/mol. The smallest absolute Gasteiger partial charge is 0.243 e. The number of benzene rings is 1. The number of rotatable bonds is 6. The van der Waals surface area contributed by atoms with Crippen molar-refractivity contribution in [3.63, 3.8) is 0 Å². The summed E-state index contributed by atoms with van der Waals surface area (Å²) in [5.41, 5.74) is 7.31. The number of nitrogens with zero attached hydrogens (tertiary/aromatic N) is 2. The fraction of sp³-hybridized carbons (Fsp3) is 0.429. The van der Waals surface area contributed by atoms with Crippen molar-refractivity contribution in [1.29, 1.82) is 0 Å². The Morgan fingerprint density at radius 2 is 2.05 bits per heavy atom. The fourth-order valence-electron chi connectivity index (χ4n) is 1.76. The highest BCUT2D eigenvalue weighted by Crippen LogP contribution is 2.18. The van der Waals surface area contributed by atoms with E-state index in [1.165, 1.54) is 5.56 Å². The molecule has 1 heterocycles. The SMILES string of the molecule is COC(C)c1noc([C@@H](N)CCc2ccccc2)n1. The van der Waals surface area contributed by atoms with Gasteiger partial charge in [-0.15, -0.1) is 0 Å². The third-order valence-corrected chi connectivity index (χ3v) is 3.08. The molecule has 1 unspecified atom stereocenters. The summed E-state index contributed by atoms with van der Waals surface area (Å²) in [6, 6.07) is 9.96. The molecule has 0 radical (unpaired) electrons. The second-order valence-electron chi connectivity index (χ2n) is 4.50. The molecule has 0 saturated heterocycles. The summed E-state index contributed by atoms with van der Waals surface area (Å²) in [5.74, 6) is 1.00. The Bertz CT molecular complexity index is 498. The molecule has 0 saturated carbocycles. The Labute approximate surface area is 112 Å². The van der Waals surface area contributed by atoms with Crippen LogP contribution in [-0.2, 0) is 11.2 Å². The topological polar surface area (TPSA) is 74.2 Å². The molecule has 1 aromatic carbocycles. The molecule has 102 valence electrons. The highest BCUT2D eigenvalue weighted by molar-refractivity contribution is 5.15. The number of ether oxygens (including phenoxy) is 1. The second-order valence-corrected chi connectivity index (χ2v) is 4.50. The molecule has 2 N–H and O–H groups in total. The van der Waals surface area contributed by atoms with Gasteiger partial charge in [0.05, 0.1) is 6.04 Å². The van der Waals surface area contributed by atoms with Crippen LogP contribution in [0.2, 0.25) is 0 Å². The summed E-state index contributed by atoms with van der Waals surface area (Å²) < 4.78 is 10.3. The van der Waals surface area contributed by atoms with Gasteiger partial charge in [-0.3, -0.25) is 0 Å². The number of hydrogen-bond donors (Lipinski definition) is 1. The summed E-state index contributed by atoms with van der Waals surface area (Å²) in [6.45, 7) is 1.87. The number of hydrogen-bond acceptors (Lipinski definition) is 5. The van der Waals surface area contributed by atoms with Gasteiger partial charge >= 0.3 is 0 Å². The lowest BCUT2D eigenvalue weighted by atomic mass is 10.1. The zero-order chi connectivity index (χ0) is 13.7. The predicted molar refractivity (Wildman–Crippen MR) is 71.4 cm³/mol. The molecule has 0 fully saturated rings. The van der Waals surface area contributed by atoms with E-state index in [0.717, 1.165) is 12.8 Å². The fourth-order valence-corrected chi connectivity index (χ4v) is 1.76. The summed E-state index contributed by atoms with van der Waals surface area (Å²) in [6.07, 6.45) is 1.48. The van der Waals surface area contributed by atoms with Crippen LogP contribution in [0.3, 0.4) is 0 Å². The standard InChI is InChI=1S/C14H19N3O2/c1-10(18-2)13-16-14(19-17-13)12(15)9-8-11-6-4-3-5-7-11/h3-7,10,12H,8-9,15H2,1-2H3/t10?,12-/m0/s1. The molecule has 2 rings (SSSR count). The molecule has 19 heavy (non-hydrogen) atoms. The molecular weight excluding hydrogens is 242 g/mol. The van der Waals surface area contributed by atoms with E-state index in [9.17, 15) is 0 Å². The zero-order valence-electron chi connectivity index (χ0n) is 11.2. The Hall–Kier alpha value is -1.72. The van der Waals surface area contributed by atoms with Gasteiger partial charge < -0.3 is 15.0 Å². The van der Waals surface area contributed by atoms with E-state index in [0.29, 0.717) is 11.7 Å². The van der Waals surface area contributed by atoms with Crippen molar-refractivity contribution in [3.8, 4) is 0 Å². The van der Waals surface area contributed by atoms with E-state index in [1.807, 2.05) is 25.1 Å². The van der Waals surface area contributed by atoms with Crippen molar-refractivity contribution >= 4 is 0 Å². The Morgan fingerprint density at radius 3 is 2.74 bits per heavy atom. The van der Waals surface area contributed by atoms with E-state index in [2.05, 4.69) is 22.3 Å². The lowest BCUT2D eigenvalue weighted by molar-refractivity contribution is 0.109. The van der Waals surface area contributed by atoms with Gasteiger partial charge in [0.25, 0.3) is 0 Å². The second kappa shape index (κ2) is 6.45. The van der Waals surface area contributed by atoms with Crippen molar-refractivity contribution in [2.45, 2.75) is 31.9 Å². The lowest BCUT2D eigenvalue weighted by Crippen LogP contribution is -2.12. The first-order valence-electron chi connectivity index (χ1n) is 6.36. The number of nitrogens with two attached hydrogens (primary N) is 1. The van der Waals surface area contributed by atoms with E-state index >= 15 is 0 Å². The number of aromatic nitrogens is 2. The minimum absolute atomic E-state index is 0.182. The van der Waals surface area contributed by atoms with Crippen molar-refractivity contribution in [1.82, 2.24) is 10.1 Å². The third-order valence-electron chi connectivity index (χ3n) is 3.08. The average molecular weight is 261 g/mol. The maximum Gasteiger partial charge on any atom is 0.243 e. The summed E-state index contributed by atoms with van der Waals surface area (Å²) >= 11 is 0. The van der Waals surface area contributed by atoms with Crippen LogP contribution >= 0.6 is 0 Å². The number of methoxy groups -OCH3 is 1. The van der Waals surface area contributed by atoms with E-state index in [-0.39, 0.29) is 12.1 Å². The van der Waals surface area contributed by atoms with Crippen LogP contribution in [0.5, 0.6) is 0 Å². The Balaban J connectivity index is 1.93. The molecular formula is C14H19N3O2. The van der Waals surface area contributed by atoms with Crippen molar-refractivity contribution in [2.75, 3.05) is 7.11 Å². The molecule has 1 aromatic heterocycles. The minimum Gasteiger partial charge on any atom is -0.374 e. The zero-order valence-corrected chi connectivity index (χ0v) is 11.2. The van der Waals surface area contributed by atoms with Gasteiger partial charge in [0.2, 0.25) is 5.89 Å². The normalized spacial score (nSPS) is 14.3. The molecule has 2 atom stereocenters. The Kier molecular flexibility index (Phi) is 4.65. The van der Waals surface area contributed by atoms with Gasteiger partial charge in [-0.25, -0.2) is 0 Å². The van der Waals surface area contributed by atoms with Gasteiger partial charge in [-0.1, -0.05) is 35.5 Å². The highest BCUT2D eigenvalue weighted by Gasteiger charge is 2.17. The molecule has 0 spiro atoms. The molecule has 0 bridgehead atoms. The first-order chi connectivity index (χ1) is 9.20. The largest absolute Gasteiger partial charge is 0.374 e. The van der Waals surface area contributed by atoms with Gasteiger partial charge in [0, 0.05) is 7.11 Å². The van der Waals surface area contributed by atoms with Gasteiger partial charge in [-0.2, -0.15) is 4.98 Å². The van der Waals surface area contributed by atoms with Gasteiger partial charge in [0.15, 0.2) is 5.82 Å². The van der Waals surface area contributed by atoms with Crippen LogP contribution in [0.15, 0.2) is 34.9 Å². The van der Waals surface area contributed by atoms with Crippen LogP contribution in [0.4, 0.5) is 0 Å². The molecule has 0 amide bonds. The van der Waals surface area contributed by atoms with Crippen LogP contribution < -0.4 is 5.73 Å². The van der Waals surface area contributed by atoms with Crippen LogP contribution in [0.1, 0.15) is 42.8 Å². The highest BCUT2D eigenvalue weighted by atomic mass is 16.5. The molecule has 0 aliphatic heterocycles. The molecule has 2 aromatic rings. The van der Waals surface area contributed by atoms with Crippen LogP contribution in [0.25, 0.3) is 0 Å². The first-order valence-corrected chi connectivity index (χ1v) is 6.36. The maximum absolute atomic E-state index is 6.06. The summed E-state index contributed by atoms with van der Waals surface area (Å²) in [7, 11) is 1.61. The number of aryl methyl sites for hydroxylation is 1. The van der Waals surface area contributed by atoms with E-state index < -0.39 is 0 Å².